The molecule has 0 aliphatic heterocycles. The van der Waals surface area contributed by atoms with E-state index >= 15 is 0 Å². The predicted molar refractivity (Wildman–Crippen MR) is 42.4 cm³/mol. The molecular weight excluding hydrogens is 209 g/mol. The lowest BCUT2D eigenvalue weighted by Gasteiger charge is -2.11. The standard InChI is InChI=1S/C9H3F3N2O/c10-9(11,12)8-6(4-13)2-1-3-7(8)15-5-14/h1-3H. The Morgan fingerprint density at radius 1 is 1.20 bits per heavy atom. The van der Waals surface area contributed by atoms with Crippen LogP contribution in [0.4, 0.5) is 13.2 Å². The summed E-state index contributed by atoms with van der Waals surface area (Å²) >= 11 is 0. The van der Waals surface area contributed by atoms with Gasteiger partial charge in [0.1, 0.15) is 5.56 Å². The summed E-state index contributed by atoms with van der Waals surface area (Å²) in [4.78, 5) is 0. The van der Waals surface area contributed by atoms with Gasteiger partial charge in [-0.1, -0.05) is 6.07 Å². The zero-order chi connectivity index (χ0) is 11.5. The highest BCUT2D eigenvalue weighted by atomic mass is 19.4. The number of hydrogen-bond acceptors (Lipinski definition) is 3. The van der Waals surface area contributed by atoms with Gasteiger partial charge >= 0.3 is 6.18 Å². The van der Waals surface area contributed by atoms with Crippen LogP contribution < -0.4 is 4.74 Å². The highest BCUT2D eigenvalue weighted by Crippen LogP contribution is 2.38. The molecule has 0 N–H and O–H groups in total. The summed E-state index contributed by atoms with van der Waals surface area (Å²) in [6.07, 6.45) is -3.59. The highest BCUT2D eigenvalue weighted by Gasteiger charge is 2.37. The molecule has 0 radical (unpaired) electrons. The average molecular weight is 212 g/mol. The van der Waals surface area contributed by atoms with Crippen molar-refractivity contribution in [3.05, 3.63) is 29.3 Å². The monoisotopic (exact) mass is 212 g/mol. The zero-order valence-corrected chi connectivity index (χ0v) is 7.17. The maximum Gasteiger partial charge on any atom is 0.421 e. The summed E-state index contributed by atoms with van der Waals surface area (Å²) < 4.78 is 41.6. The number of nitrogens with zero attached hydrogens (tertiary/aromatic N) is 2. The molecule has 3 nitrogen and oxygen atoms in total. The van der Waals surface area contributed by atoms with Crippen LogP contribution in [0.5, 0.6) is 5.75 Å². The molecule has 0 spiro atoms. The van der Waals surface area contributed by atoms with Crippen LogP contribution in [0.1, 0.15) is 11.1 Å². The lowest BCUT2D eigenvalue weighted by Crippen LogP contribution is -2.09. The van der Waals surface area contributed by atoms with E-state index < -0.39 is 23.1 Å². The first-order valence-corrected chi connectivity index (χ1v) is 3.67. The molecule has 1 aromatic carbocycles. The average Bonchev–Trinajstić information content (AvgIpc) is 2.16. The van der Waals surface area contributed by atoms with E-state index in [1.807, 2.05) is 0 Å². The van der Waals surface area contributed by atoms with Crippen LogP contribution in [0.2, 0.25) is 0 Å². The fraction of sp³-hybridized carbons (Fsp3) is 0.111. The Morgan fingerprint density at radius 2 is 1.87 bits per heavy atom. The quantitative estimate of drug-likeness (QED) is 0.671. The van der Waals surface area contributed by atoms with E-state index in [9.17, 15) is 13.2 Å². The molecule has 76 valence electrons. The lowest BCUT2D eigenvalue weighted by molar-refractivity contribution is -0.138. The summed E-state index contributed by atoms with van der Waals surface area (Å²) in [5, 5.41) is 16.6. The molecule has 0 bridgehead atoms. The predicted octanol–water partition coefficient (Wildman–Crippen LogP) is 2.44. The van der Waals surface area contributed by atoms with Crippen molar-refractivity contribution in [2.45, 2.75) is 6.18 Å². The van der Waals surface area contributed by atoms with Gasteiger partial charge in [0, 0.05) is 0 Å². The van der Waals surface area contributed by atoms with Gasteiger partial charge in [-0.3, -0.25) is 0 Å². The normalized spacial score (nSPS) is 10.2. The third-order valence-electron chi connectivity index (χ3n) is 1.59. The van der Waals surface area contributed by atoms with Gasteiger partial charge in [-0.2, -0.15) is 18.4 Å². The SMILES string of the molecule is N#COc1cccc(C#N)c1C(F)(F)F. The first-order valence-electron chi connectivity index (χ1n) is 3.67. The summed E-state index contributed by atoms with van der Waals surface area (Å²) in [6, 6.07) is 4.59. The number of alkyl halides is 3. The number of rotatable bonds is 1. The minimum Gasteiger partial charge on any atom is -0.387 e. The fourth-order valence-electron chi connectivity index (χ4n) is 1.05. The topological polar surface area (TPSA) is 56.8 Å². The molecule has 0 aromatic heterocycles. The fourth-order valence-corrected chi connectivity index (χ4v) is 1.05. The molecule has 0 aliphatic rings. The van der Waals surface area contributed by atoms with Crippen molar-refractivity contribution in [2.75, 3.05) is 0 Å². The van der Waals surface area contributed by atoms with Crippen molar-refractivity contribution in [1.29, 1.82) is 10.5 Å². The van der Waals surface area contributed by atoms with E-state index in [2.05, 4.69) is 4.74 Å². The Morgan fingerprint density at radius 3 is 2.33 bits per heavy atom. The first-order chi connectivity index (χ1) is 7.00. The molecule has 0 unspecified atom stereocenters. The van der Waals surface area contributed by atoms with Crippen LogP contribution in [-0.2, 0) is 6.18 Å². The van der Waals surface area contributed by atoms with Gasteiger partial charge < -0.3 is 4.74 Å². The molecule has 0 saturated heterocycles. The first kappa shape index (κ1) is 10.9. The molecule has 0 atom stereocenters. The van der Waals surface area contributed by atoms with Crippen LogP contribution in [0.3, 0.4) is 0 Å². The van der Waals surface area contributed by atoms with Crippen molar-refractivity contribution in [3.63, 3.8) is 0 Å². The van der Waals surface area contributed by atoms with Crippen LogP contribution >= 0.6 is 0 Å². The van der Waals surface area contributed by atoms with Gasteiger partial charge in [0.15, 0.2) is 5.75 Å². The summed E-state index contributed by atoms with van der Waals surface area (Å²) in [5.41, 5.74) is -1.80. The van der Waals surface area contributed by atoms with E-state index in [0.29, 0.717) is 0 Å². The number of ether oxygens (including phenoxy) is 1. The van der Waals surface area contributed by atoms with Gasteiger partial charge in [0.05, 0.1) is 11.6 Å². The Hall–Kier alpha value is -2.21. The number of halogens is 3. The highest BCUT2D eigenvalue weighted by molar-refractivity contribution is 5.48. The van der Waals surface area contributed by atoms with Crippen molar-refractivity contribution in [3.8, 4) is 18.1 Å². The zero-order valence-electron chi connectivity index (χ0n) is 7.17. The molecule has 0 saturated carbocycles. The van der Waals surface area contributed by atoms with Crippen LogP contribution in [0.25, 0.3) is 0 Å². The van der Waals surface area contributed by atoms with Crippen molar-refractivity contribution < 1.29 is 17.9 Å². The van der Waals surface area contributed by atoms with Crippen LogP contribution in [0.15, 0.2) is 18.2 Å². The molecule has 15 heavy (non-hydrogen) atoms. The van der Waals surface area contributed by atoms with Gasteiger partial charge in [0.25, 0.3) is 6.26 Å². The maximum absolute atomic E-state index is 12.5. The Bertz CT molecular complexity index is 454. The molecule has 1 aromatic rings. The Labute approximate surface area is 82.9 Å². The van der Waals surface area contributed by atoms with Crippen molar-refractivity contribution in [1.82, 2.24) is 0 Å². The van der Waals surface area contributed by atoms with Gasteiger partial charge in [-0.05, 0) is 12.1 Å². The summed E-state index contributed by atoms with van der Waals surface area (Å²) in [6.45, 7) is 0. The third kappa shape index (κ3) is 2.18. The molecule has 1 rings (SSSR count). The molecule has 0 heterocycles. The Balaban J connectivity index is 3.44. The van der Waals surface area contributed by atoms with E-state index in [0.717, 1.165) is 18.4 Å². The molecule has 0 fully saturated rings. The third-order valence-corrected chi connectivity index (χ3v) is 1.59. The Kier molecular flexibility index (Phi) is 2.82. The number of hydrogen-bond donors (Lipinski definition) is 0. The van der Waals surface area contributed by atoms with Crippen molar-refractivity contribution >= 4 is 0 Å². The second kappa shape index (κ2) is 3.89. The van der Waals surface area contributed by atoms with E-state index in [-0.39, 0.29) is 0 Å². The minimum atomic E-state index is -4.72. The van der Waals surface area contributed by atoms with Gasteiger partial charge in [-0.15, -0.1) is 5.26 Å². The largest absolute Gasteiger partial charge is 0.421 e. The molecule has 6 heteroatoms. The second-order valence-corrected chi connectivity index (χ2v) is 2.48. The van der Waals surface area contributed by atoms with Crippen LogP contribution in [0, 0.1) is 22.8 Å². The molecular formula is C9H3F3N2O. The van der Waals surface area contributed by atoms with E-state index in [1.165, 1.54) is 12.1 Å². The number of nitriles is 2. The minimum absolute atomic E-state index is 0.574. The van der Waals surface area contributed by atoms with E-state index in [4.69, 9.17) is 10.5 Å². The van der Waals surface area contributed by atoms with Crippen LogP contribution in [-0.4, -0.2) is 0 Å². The van der Waals surface area contributed by atoms with E-state index in [1.54, 1.807) is 0 Å². The maximum atomic E-state index is 12.5. The van der Waals surface area contributed by atoms with Crippen molar-refractivity contribution in [2.24, 2.45) is 0 Å². The molecule has 0 aliphatic carbocycles. The number of benzene rings is 1. The lowest BCUT2D eigenvalue weighted by atomic mass is 10.1. The summed E-state index contributed by atoms with van der Waals surface area (Å²) in [7, 11) is 0. The molecule has 0 amide bonds. The van der Waals surface area contributed by atoms with Gasteiger partial charge in [0.2, 0.25) is 0 Å². The van der Waals surface area contributed by atoms with Gasteiger partial charge in [-0.25, -0.2) is 0 Å². The smallest absolute Gasteiger partial charge is 0.387 e. The second-order valence-electron chi connectivity index (χ2n) is 2.48. The summed E-state index contributed by atoms with van der Waals surface area (Å²) in [5.74, 6) is -0.663.